The molecule has 1 aliphatic carbocycles. The summed E-state index contributed by atoms with van der Waals surface area (Å²) in [6.07, 6.45) is 6.48. The summed E-state index contributed by atoms with van der Waals surface area (Å²) < 4.78 is 5.14. The van der Waals surface area contributed by atoms with Gasteiger partial charge < -0.3 is 4.74 Å². The average molecular weight is 247 g/mol. The van der Waals surface area contributed by atoms with Crippen LogP contribution in [0.1, 0.15) is 27.2 Å². The predicted octanol–water partition coefficient (Wildman–Crippen LogP) is 3.47. The molecule has 1 aliphatic rings. The van der Waals surface area contributed by atoms with Gasteiger partial charge in [-0.3, -0.25) is 4.79 Å². The first-order chi connectivity index (χ1) is 6.94. The van der Waals surface area contributed by atoms with Crippen LogP contribution in [0, 0.1) is 0 Å². The summed E-state index contributed by atoms with van der Waals surface area (Å²) in [5.41, 5.74) is 0. The molecule has 1 rings (SSSR count). The lowest BCUT2D eigenvalue weighted by Gasteiger charge is -2.28. The van der Waals surface area contributed by atoms with Gasteiger partial charge in [0.15, 0.2) is 0 Å². The Kier molecular flexibility index (Phi) is 4.29. The van der Waals surface area contributed by atoms with Gasteiger partial charge in [0, 0.05) is 17.1 Å². The summed E-state index contributed by atoms with van der Waals surface area (Å²) >= 11 is 7.89. The Labute approximate surface area is 99.7 Å². The van der Waals surface area contributed by atoms with Crippen LogP contribution in [-0.4, -0.2) is 16.3 Å². The molecule has 0 bridgehead atoms. The van der Waals surface area contributed by atoms with Gasteiger partial charge in [0.2, 0.25) is 5.06 Å². The fourth-order valence-corrected chi connectivity index (χ4v) is 2.67. The second-order valence-corrected chi connectivity index (χ2v) is 5.79. The summed E-state index contributed by atoms with van der Waals surface area (Å²) in [6.45, 7) is 5.52. The van der Waals surface area contributed by atoms with Crippen LogP contribution in [-0.2, 0) is 9.53 Å². The fourth-order valence-electron chi connectivity index (χ4n) is 1.29. The van der Waals surface area contributed by atoms with E-state index in [0.717, 1.165) is 11.3 Å². The predicted molar refractivity (Wildman–Crippen MR) is 64.9 cm³/mol. The standard InChI is InChI=1S/C11H15ClO2S/c1-8(2)15-10-6-4-5-7-11(10,12)14-9(3)13/h5-8H,4H2,1-3H3. The number of ether oxygens (including phenoxy) is 1. The maximum Gasteiger partial charge on any atom is 0.304 e. The Morgan fingerprint density at radius 3 is 2.87 bits per heavy atom. The Morgan fingerprint density at radius 2 is 2.33 bits per heavy atom. The Hall–Kier alpha value is -0.410. The summed E-state index contributed by atoms with van der Waals surface area (Å²) in [6, 6.07) is 0. The van der Waals surface area contributed by atoms with E-state index in [-0.39, 0.29) is 5.97 Å². The third kappa shape index (κ3) is 3.58. The van der Waals surface area contributed by atoms with E-state index < -0.39 is 5.06 Å². The first-order valence-electron chi connectivity index (χ1n) is 4.87. The van der Waals surface area contributed by atoms with Crippen LogP contribution in [0.2, 0.25) is 0 Å². The van der Waals surface area contributed by atoms with Crippen molar-refractivity contribution >= 4 is 29.3 Å². The lowest BCUT2D eigenvalue weighted by molar-refractivity contribution is -0.144. The van der Waals surface area contributed by atoms with Crippen molar-refractivity contribution in [2.45, 2.75) is 37.5 Å². The quantitative estimate of drug-likeness (QED) is 0.433. The molecule has 1 atom stereocenters. The van der Waals surface area contributed by atoms with Crippen LogP contribution in [0.3, 0.4) is 0 Å². The molecule has 0 saturated carbocycles. The zero-order valence-corrected chi connectivity index (χ0v) is 10.7. The fraction of sp³-hybridized carbons (Fsp3) is 0.545. The van der Waals surface area contributed by atoms with Gasteiger partial charge in [-0.2, -0.15) is 0 Å². The maximum atomic E-state index is 11.0. The number of thioether (sulfide) groups is 1. The molecule has 0 aromatic carbocycles. The topological polar surface area (TPSA) is 26.3 Å². The monoisotopic (exact) mass is 246 g/mol. The summed E-state index contributed by atoms with van der Waals surface area (Å²) in [5.74, 6) is -0.369. The van der Waals surface area contributed by atoms with Crippen molar-refractivity contribution < 1.29 is 9.53 Å². The molecule has 0 aromatic rings. The molecule has 0 heterocycles. The Morgan fingerprint density at radius 1 is 1.67 bits per heavy atom. The van der Waals surface area contributed by atoms with Gasteiger partial charge in [-0.1, -0.05) is 37.6 Å². The molecule has 0 saturated heterocycles. The normalized spacial score (nSPS) is 25.3. The minimum absolute atomic E-state index is 0.369. The van der Waals surface area contributed by atoms with Crippen LogP contribution < -0.4 is 0 Å². The molecule has 0 N–H and O–H groups in total. The second-order valence-electron chi connectivity index (χ2n) is 3.61. The van der Waals surface area contributed by atoms with E-state index in [0.29, 0.717) is 5.25 Å². The van der Waals surface area contributed by atoms with Crippen molar-refractivity contribution in [3.63, 3.8) is 0 Å². The number of hydrogen-bond acceptors (Lipinski definition) is 3. The van der Waals surface area contributed by atoms with Crippen molar-refractivity contribution in [2.24, 2.45) is 0 Å². The van der Waals surface area contributed by atoms with Crippen LogP contribution >= 0.6 is 23.4 Å². The van der Waals surface area contributed by atoms with E-state index in [2.05, 4.69) is 13.8 Å². The number of carbonyl (C=O) groups excluding carboxylic acids is 1. The van der Waals surface area contributed by atoms with Crippen molar-refractivity contribution in [3.05, 3.63) is 23.1 Å². The zero-order valence-electron chi connectivity index (χ0n) is 9.12. The number of hydrogen-bond donors (Lipinski definition) is 0. The van der Waals surface area contributed by atoms with Gasteiger partial charge in [0.1, 0.15) is 0 Å². The third-order valence-electron chi connectivity index (χ3n) is 1.76. The molecule has 0 radical (unpaired) electrons. The van der Waals surface area contributed by atoms with Crippen LogP contribution in [0.4, 0.5) is 0 Å². The number of carbonyl (C=O) groups is 1. The number of esters is 1. The van der Waals surface area contributed by atoms with Crippen molar-refractivity contribution in [3.8, 4) is 0 Å². The Balaban J connectivity index is 2.82. The zero-order chi connectivity index (χ0) is 11.5. The van der Waals surface area contributed by atoms with Crippen LogP contribution in [0.5, 0.6) is 0 Å². The number of alkyl halides is 1. The van der Waals surface area contributed by atoms with Crippen LogP contribution in [0.25, 0.3) is 0 Å². The van der Waals surface area contributed by atoms with Crippen molar-refractivity contribution in [2.75, 3.05) is 0 Å². The molecule has 0 spiro atoms. The molecule has 0 fully saturated rings. The average Bonchev–Trinajstić information content (AvgIpc) is 2.07. The molecular formula is C11H15ClO2S. The molecule has 0 aliphatic heterocycles. The molecule has 0 aromatic heterocycles. The van der Waals surface area contributed by atoms with E-state index in [1.807, 2.05) is 12.2 Å². The maximum absolute atomic E-state index is 11.0. The van der Waals surface area contributed by atoms with Gasteiger partial charge in [-0.15, -0.1) is 11.8 Å². The first-order valence-corrected chi connectivity index (χ1v) is 6.13. The molecular weight excluding hydrogens is 232 g/mol. The molecule has 0 amide bonds. The summed E-state index contributed by atoms with van der Waals surface area (Å²) in [4.78, 5) is 11.9. The van der Waals surface area contributed by atoms with Gasteiger partial charge in [0.05, 0.1) is 0 Å². The van der Waals surface area contributed by atoms with Gasteiger partial charge >= 0.3 is 5.97 Å². The lowest BCUT2D eigenvalue weighted by atomic mass is 10.1. The van der Waals surface area contributed by atoms with Gasteiger partial charge in [0.25, 0.3) is 0 Å². The molecule has 4 heteroatoms. The van der Waals surface area contributed by atoms with Gasteiger partial charge in [-0.05, 0) is 12.5 Å². The van der Waals surface area contributed by atoms with E-state index in [1.54, 1.807) is 17.8 Å². The number of rotatable bonds is 3. The summed E-state index contributed by atoms with van der Waals surface area (Å²) in [5, 5.41) is -0.671. The van der Waals surface area contributed by atoms with E-state index in [1.165, 1.54) is 6.92 Å². The highest BCUT2D eigenvalue weighted by Crippen LogP contribution is 2.40. The van der Waals surface area contributed by atoms with E-state index >= 15 is 0 Å². The molecule has 1 unspecified atom stereocenters. The molecule has 15 heavy (non-hydrogen) atoms. The number of halogens is 1. The minimum Gasteiger partial charge on any atom is -0.435 e. The molecule has 84 valence electrons. The molecule has 2 nitrogen and oxygen atoms in total. The second kappa shape index (κ2) is 5.08. The minimum atomic E-state index is -1.08. The van der Waals surface area contributed by atoms with E-state index in [4.69, 9.17) is 16.3 Å². The number of allylic oxidation sites excluding steroid dienone is 2. The smallest absolute Gasteiger partial charge is 0.304 e. The SMILES string of the molecule is CC(=O)OC1(Cl)C=CCC=C1SC(C)C. The van der Waals surface area contributed by atoms with E-state index in [9.17, 15) is 4.79 Å². The van der Waals surface area contributed by atoms with Crippen molar-refractivity contribution in [1.29, 1.82) is 0 Å². The largest absolute Gasteiger partial charge is 0.435 e. The van der Waals surface area contributed by atoms with Gasteiger partial charge in [-0.25, -0.2) is 0 Å². The highest BCUT2D eigenvalue weighted by Gasteiger charge is 2.34. The lowest BCUT2D eigenvalue weighted by Crippen LogP contribution is -2.28. The highest BCUT2D eigenvalue weighted by molar-refractivity contribution is 8.03. The van der Waals surface area contributed by atoms with Crippen molar-refractivity contribution in [1.82, 2.24) is 0 Å². The summed E-state index contributed by atoms with van der Waals surface area (Å²) in [7, 11) is 0. The Bertz CT molecular complexity index is 310. The third-order valence-corrected chi connectivity index (χ3v) is 3.48. The first kappa shape index (κ1) is 12.7. The highest BCUT2D eigenvalue weighted by atomic mass is 35.5. The van der Waals surface area contributed by atoms with Crippen LogP contribution in [0.15, 0.2) is 23.1 Å².